The number of nitrogens with zero attached hydrogens (tertiary/aromatic N) is 1. The number of carboxylic acid groups (broad SMARTS) is 1. The van der Waals surface area contributed by atoms with E-state index in [1.807, 2.05) is 13.8 Å². The van der Waals surface area contributed by atoms with E-state index in [0.717, 1.165) is 0 Å². The van der Waals surface area contributed by atoms with Gasteiger partial charge in [0.2, 0.25) is 0 Å². The van der Waals surface area contributed by atoms with Crippen molar-refractivity contribution in [2.24, 2.45) is 5.92 Å². The zero-order valence-electron chi connectivity index (χ0n) is 8.61. The van der Waals surface area contributed by atoms with Crippen LogP contribution >= 0.6 is 0 Å². The van der Waals surface area contributed by atoms with Crippen LogP contribution in [0.2, 0.25) is 0 Å². The Bertz CT molecular complexity index is 264. The van der Waals surface area contributed by atoms with Crippen LogP contribution < -0.4 is 0 Å². The average Bonchev–Trinajstić information content (AvgIpc) is 2.33. The largest absolute Gasteiger partial charge is 0.479 e. The quantitative estimate of drug-likeness (QED) is 0.737. The van der Waals surface area contributed by atoms with Crippen molar-refractivity contribution in [1.82, 2.24) is 4.90 Å². The number of carbonyl (C=O) groups is 2. The first-order chi connectivity index (χ1) is 6.38. The first-order valence-corrected chi connectivity index (χ1v) is 4.55. The van der Waals surface area contributed by atoms with E-state index in [2.05, 4.69) is 0 Å². The number of hydrogen-bond donors (Lipinski definition) is 1. The molecule has 1 fully saturated rings. The van der Waals surface area contributed by atoms with Crippen molar-refractivity contribution in [2.75, 3.05) is 13.2 Å². The fourth-order valence-corrected chi connectivity index (χ4v) is 1.38. The Morgan fingerprint density at radius 3 is 2.71 bits per heavy atom. The van der Waals surface area contributed by atoms with Crippen LogP contribution in [0.4, 0.5) is 4.79 Å². The van der Waals surface area contributed by atoms with Gasteiger partial charge < -0.3 is 9.84 Å². The van der Waals surface area contributed by atoms with E-state index < -0.39 is 17.6 Å². The van der Waals surface area contributed by atoms with Crippen molar-refractivity contribution in [2.45, 2.75) is 26.3 Å². The zero-order chi connectivity index (χ0) is 10.9. The summed E-state index contributed by atoms with van der Waals surface area (Å²) < 4.78 is 4.75. The molecule has 5 heteroatoms. The lowest BCUT2D eigenvalue weighted by atomic mass is 10.0. The molecule has 1 amide bonds. The normalized spacial score (nSPS) is 26.9. The summed E-state index contributed by atoms with van der Waals surface area (Å²) in [6.45, 7) is 5.68. The molecule has 1 aliphatic rings. The monoisotopic (exact) mass is 201 g/mol. The Morgan fingerprint density at radius 2 is 2.29 bits per heavy atom. The summed E-state index contributed by atoms with van der Waals surface area (Å²) in [5, 5.41) is 9.00. The summed E-state index contributed by atoms with van der Waals surface area (Å²) in [4.78, 5) is 23.5. The third-order valence-electron chi connectivity index (χ3n) is 2.30. The second kappa shape index (κ2) is 3.48. The van der Waals surface area contributed by atoms with Gasteiger partial charge in [-0.1, -0.05) is 13.8 Å². The molecule has 1 aliphatic heterocycles. The summed E-state index contributed by atoms with van der Waals surface area (Å²) in [6.07, 6.45) is -0.538. The molecule has 0 radical (unpaired) electrons. The molecule has 0 bridgehead atoms. The van der Waals surface area contributed by atoms with Crippen molar-refractivity contribution in [3.8, 4) is 0 Å². The highest BCUT2D eigenvalue weighted by Gasteiger charge is 2.49. The van der Waals surface area contributed by atoms with Crippen LogP contribution in [0, 0.1) is 5.92 Å². The van der Waals surface area contributed by atoms with Gasteiger partial charge in [0.15, 0.2) is 5.54 Å². The molecule has 1 N–H and O–H groups in total. The smallest absolute Gasteiger partial charge is 0.410 e. The van der Waals surface area contributed by atoms with E-state index in [0.29, 0.717) is 6.54 Å². The molecule has 0 aromatic carbocycles. The van der Waals surface area contributed by atoms with Crippen molar-refractivity contribution in [3.63, 3.8) is 0 Å². The topological polar surface area (TPSA) is 66.8 Å². The maximum Gasteiger partial charge on any atom is 0.410 e. The number of hydrogen-bond acceptors (Lipinski definition) is 3. The molecule has 1 unspecified atom stereocenters. The second-order valence-corrected chi connectivity index (χ2v) is 4.14. The lowest BCUT2D eigenvalue weighted by molar-refractivity contribution is -0.147. The lowest BCUT2D eigenvalue weighted by Crippen LogP contribution is -2.52. The van der Waals surface area contributed by atoms with Gasteiger partial charge in [-0.3, -0.25) is 4.90 Å². The molecule has 14 heavy (non-hydrogen) atoms. The van der Waals surface area contributed by atoms with E-state index in [1.54, 1.807) is 0 Å². The molecular formula is C9H15NO4. The number of aliphatic carboxylic acids is 1. The SMILES string of the molecule is CC(C)CN1C(=O)OCC1(C)C(=O)O. The maximum atomic E-state index is 11.3. The van der Waals surface area contributed by atoms with Crippen LogP contribution in [0.1, 0.15) is 20.8 Å². The molecule has 0 aromatic rings. The van der Waals surface area contributed by atoms with Gasteiger partial charge in [0, 0.05) is 6.54 Å². The van der Waals surface area contributed by atoms with Crippen LogP contribution in [-0.2, 0) is 9.53 Å². The maximum absolute atomic E-state index is 11.3. The van der Waals surface area contributed by atoms with E-state index >= 15 is 0 Å². The molecule has 0 aromatic heterocycles. The number of amides is 1. The number of cyclic esters (lactones) is 1. The molecule has 0 spiro atoms. The van der Waals surface area contributed by atoms with Crippen molar-refractivity contribution in [3.05, 3.63) is 0 Å². The third-order valence-corrected chi connectivity index (χ3v) is 2.30. The Hall–Kier alpha value is -1.26. The van der Waals surface area contributed by atoms with E-state index in [9.17, 15) is 9.59 Å². The Morgan fingerprint density at radius 1 is 1.71 bits per heavy atom. The summed E-state index contributed by atoms with van der Waals surface area (Å²) >= 11 is 0. The van der Waals surface area contributed by atoms with Gasteiger partial charge in [-0.05, 0) is 12.8 Å². The minimum atomic E-state index is -1.21. The predicted molar refractivity (Wildman–Crippen MR) is 48.9 cm³/mol. The highest BCUT2D eigenvalue weighted by molar-refractivity contribution is 5.86. The molecule has 1 heterocycles. The highest BCUT2D eigenvalue weighted by Crippen LogP contribution is 2.25. The van der Waals surface area contributed by atoms with Gasteiger partial charge in [-0.25, -0.2) is 9.59 Å². The Kier molecular flexibility index (Phi) is 2.69. The first-order valence-electron chi connectivity index (χ1n) is 4.55. The van der Waals surface area contributed by atoms with Gasteiger partial charge in [0.1, 0.15) is 6.61 Å². The fourth-order valence-electron chi connectivity index (χ4n) is 1.38. The lowest BCUT2D eigenvalue weighted by Gasteiger charge is -2.28. The molecular weight excluding hydrogens is 186 g/mol. The Balaban J connectivity index is 2.86. The minimum Gasteiger partial charge on any atom is -0.479 e. The molecule has 80 valence electrons. The molecule has 1 atom stereocenters. The predicted octanol–water partition coefficient (Wildman–Crippen LogP) is 0.938. The van der Waals surface area contributed by atoms with E-state index in [1.165, 1.54) is 11.8 Å². The van der Waals surface area contributed by atoms with Crippen molar-refractivity contribution >= 4 is 12.1 Å². The van der Waals surface area contributed by atoms with Crippen LogP contribution in [0.5, 0.6) is 0 Å². The van der Waals surface area contributed by atoms with Gasteiger partial charge in [-0.15, -0.1) is 0 Å². The summed E-state index contributed by atoms with van der Waals surface area (Å²) in [7, 11) is 0. The van der Waals surface area contributed by atoms with Crippen molar-refractivity contribution < 1.29 is 19.4 Å². The van der Waals surface area contributed by atoms with Gasteiger partial charge in [0.25, 0.3) is 0 Å². The van der Waals surface area contributed by atoms with Gasteiger partial charge in [0.05, 0.1) is 0 Å². The molecule has 0 saturated carbocycles. The average molecular weight is 201 g/mol. The van der Waals surface area contributed by atoms with Gasteiger partial charge in [-0.2, -0.15) is 0 Å². The van der Waals surface area contributed by atoms with Gasteiger partial charge >= 0.3 is 12.1 Å². The number of ether oxygens (including phenoxy) is 1. The number of rotatable bonds is 3. The fraction of sp³-hybridized carbons (Fsp3) is 0.778. The van der Waals surface area contributed by atoms with Crippen LogP contribution in [-0.4, -0.2) is 40.8 Å². The second-order valence-electron chi connectivity index (χ2n) is 4.14. The zero-order valence-corrected chi connectivity index (χ0v) is 8.61. The molecule has 1 saturated heterocycles. The standard InChI is InChI=1S/C9H15NO4/c1-6(2)4-10-8(13)14-5-9(10,3)7(11)12/h6H,4-5H2,1-3H3,(H,11,12). The molecule has 0 aliphatic carbocycles. The Labute approximate surface area is 82.6 Å². The third kappa shape index (κ3) is 1.66. The number of carbonyl (C=O) groups excluding carboxylic acids is 1. The van der Waals surface area contributed by atoms with Crippen LogP contribution in [0.25, 0.3) is 0 Å². The summed E-state index contributed by atoms with van der Waals surface area (Å²) in [5.41, 5.74) is -1.21. The van der Waals surface area contributed by atoms with Crippen molar-refractivity contribution in [1.29, 1.82) is 0 Å². The first kappa shape index (κ1) is 10.8. The minimum absolute atomic E-state index is 0.0755. The summed E-state index contributed by atoms with van der Waals surface area (Å²) in [5.74, 6) is -0.802. The molecule has 5 nitrogen and oxygen atoms in total. The highest BCUT2D eigenvalue weighted by atomic mass is 16.6. The number of carboxylic acids is 1. The molecule has 1 rings (SSSR count). The van der Waals surface area contributed by atoms with E-state index in [-0.39, 0.29) is 12.5 Å². The van der Waals surface area contributed by atoms with Crippen LogP contribution in [0.15, 0.2) is 0 Å². The summed E-state index contributed by atoms with van der Waals surface area (Å²) in [6, 6.07) is 0. The van der Waals surface area contributed by atoms with E-state index in [4.69, 9.17) is 9.84 Å². The van der Waals surface area contributed by atoms with Crippen LogP contribution in [0.3, 0.4) is 0 Å².